The molecule has 2 rings (SSSR count). The molecule has 0 saturated heterocycles. The Balaban J connectivity index is 0.00000264. The van der Waals surface area contributed by atoms with Crippen LogP contribution in [0.1, 0.15) is 30.2 Å². The number of aromatic nitrogens is 2. The summed E-state index contributed by atoms with van der Waals surface area (Å²) in [5, 5.41) is 9.84. The molecule has 7 heteroatoms. The molecule has 0 amide bonds. The number of thiazole rings is 1. The van der Waals surface area contributed by atoms with Gasteiger partial charge in [0.1, 0.15) is 0 Å². The fourth-order valence-electron chi connectivity index (χ4n) is 1.94. The third-order valence-corrected chi connectivity index (χ3v) is 4.09. The maximum Gasteiger partial charge on any atom is 0.191 e. The first-order valence-electron chi connectivity index (χ1n) is 7.67. The van der Waals surface area contributed by atoms with Gasteiger partial charge in [-0.05, 0) is 25.5 Å². The lowest BCUT2D eigenvalue weighted by Gasteiger charge is -2.10. The zero-order chi connectivity index (χ0) is 15.6. The van der Waals surface area contributed by atoms with Gasteiger partial charge in [0.15, 0.2) is 5.96 Å². The summed E-state index contributed by atoms with van der Waals surface area (Å²) in [7, 11) is 0. The van der Waals surface area contributed by atoms with Crippen molar-refractivity contribution in [3.63, 3.8) is 0 Å². The number of aliphatic imine (C=N–C) groups is 1. The summed E-state index contributed by atoms with van der Waals surface area (Å²) in [5.74, 6) is 0.824. The summed E-state index contributed by atoms with van der Waals surface area (Å²) in [6, 6.07) is 5.98. The van der Waals surface area contributed by atoms with Gasteiger partial charge in [-0.3, -0.25) is 4.98 Å². The lowest BCUT2D eigenvalue weighted by atomic mass is 10.3. The van der Waals surface area contributed by atoms with Gasteiger partial charge < -0.3 is 10.6 Å². The van der Waals surface area contributed by atoms with Crippen molar-refractivity contribution in [2.45, 2.75) is 33.2 Å². The van der Waals surface area contributed by atoms with E-state index >= 15 is 0 Å². The predicted octanol–water partition coefficient (Wildman–Crippen LogP) is 3.02. The average molecular weight is 445 g/mol. The Morgan fingerprint density at radius 3 is 2.74 bits per heavy atom. The average Bonchev–Trinajstić information content (AvgIpc) is 3.02. The first-order chi connectivity index (χ1) is 10.8. The minimum Gasteiger partial charge on any atom is -0.357 e. The summed E-state index contributed by atoms with van der Waals surface area (Å²) in [6.45, 7) is 6.44. The van der Waals surface area contributed by atoms with Crippen LogP contribution in [0, 0.1) is 0 Å². The third kappa shape index (κ3) is 7.26. The lowest BCUT2D eigenvalue weighted by Crippen LogP contribution is -2.38. The Labute approximate surface area is 159 Å². The summed E-state index contributed by atoms with van der Waals surface area (Å²) in [6.07, 6.45) is 3.68. The number of aryl methyl sites for hydroxylation is 1. The molecule has 2 N–H and O–H groups in total. The number of rotatable bonds is 7. The zero-order valence-electron chi connectivity index (χ0n) is 13.6. The van der Waals surface area contributed by atoms with Gasteiger partial charge in [-0.2, -0.15) is 0 Å². The molecule has 0 spiro atoms. The molecular weight excluding hydrogens is 421 g/mol. The van der Waals surface area contributed by atoms with Gasteiger partial charge in [0, 0.05) is 36.8 Å². The van der Waals surface area contributed by atoms with Crippen molar-refractivity contribution >= 4 is 41.3 Å². The van der Waals surface area contributed by atoms with E-state index in [0.717, 1.165) is 43.3 Å². The van der Waals surface area contributed by atoms with Crippen LogP contribution in [-0.4, -0.2) is 29.0 Å². The van der Waals surface area contributed by atoms with E-state index in [0.29, 0.717) is 6.54 Å². The molecule has 0 radical (unpaired) electrons. The van der Waals surface area contributed by atoms with E-state index in [-0.39, 0.29) is 24.0 Å². The Kier molecular flexibility index (Phi) is 9.77. The highest BCUT2D eigenvalue weighted by atomic mass is 127. The first kappa shape index (κ1) is 19.8. The molecule has 0 fully saturated rings. The molecule has 0 aliphatic carbocycles. The molecule has 2 aromatic heterocycles. The topological polar surface area (TPSA) is 62.2 Å². The number of halogens is 1. The van der Waals surface area contributed by atoms with Gasteiger partial charge in [-0.25, -0.2) is 9.98 Å². The highest BCUT2D eigenvalue weighted by Crippen LogP contribution is 2.10. The molecule has 0 aliphatic rings. The maximum atomic E-state index is 4.58. The first-order valence-corrected chi connectivity index (χ1v) is 8.55. The van der Waals surface area contributed by atoms with E-state index in [2.05, 4.69) is 44.8 Å². The van der Waals surface area contributed by atoms with Crippen LogP contribution < -0.4 is 10.6 Å². The van der Waals surface area contributed by atoms with Gasteiger partial charge in [-0.1, -0.05) is 13.0 Å². The van der Waals surface area contributed by atoms with Crippen molar-refractivity contribution in [2.24, 2.45) is 4.99 Å². The van der Waals surface area contributed by atoms with E-state index in [1.54, 1.807) is 11.3 Å². The van der Waals surface area contributed by atoms with Crippen molar-refractivity contribution in [2.75, 3.05) is 13.1 Å². The molecule has 0 unspecified atom stereocenters. The number of nitrogens with one attached hydrogen (secondary N) is 2. The van der Waals surface area contributed by atoms with Gasteiger partial charge in [-0.15, -0.1) is 35.3 Å². The SMILES string of the molecule is CCNC(=NCc1csc(CC)n1)NCCc1ccccn1.I. The highest BCUT2D eigenvalue weighted by molar-refractivity contribution is 14.0. The summed E-state index contributed by atoms with van der Waals surface area (Å²) >= 11 is 1.70. The predicted molar refractivity (Wildman–Crippen MR) is 108 cm³/mol. The van der Waals surface area contributed by atoms with Crippen LogP contribution in [0.4, 0.5) is 0 Å². The molecule has 126 valence electrons. The van der Waals surface area contributed by atoms with Crippen LogP contribution in [-0.2, 0) is 19.4 Å². The van der Waals surface area contributed by atoms with Crippen molar-refractivity contribution in [3.8, 4) is 0 Å². The Bertz CT molecular complexity index is 585. The second-order valence-corrected chi connectivity index (χ2v) is 5.72. The lowest BCUT2D eigenvalue weighted by molar-refractivity contribution is 0.786. The van der Waals surface area contributed by atoms with Crippen LogP contribution in [0.5, 0.6) is 0 Å². The monoisotopic (exact) mass is 445 g/mol. The van der Waals surface area contributed by atoms with Crippen LogP contribution in [0.2, 0.25) is 0 Å². The normalized spacial score (nSPS) is 11.0. The van der Waals surface area contributed by atoms with Crippen molar-refractivity contribution in [1.29, 1.82) is 0 Å². The Morgan fingerprint density at radius 2 is 2.09 bits per heavy atom. The third-order valence-electron chi connectivity index (χ3n) is 3.04. The van der Waals surface area contributed by atoms with Gasteiger partial charge >= 0.3 is 0 Å². The van der Waals surface area contributed by atoms with Gasteiger partial charge in [0.25, 0.3) is 0 Å². The van der Waals surface area contributed by atoms with E-state index < -0.39 is 0 Å². The van der Waals surface area contributed by atoms with Gasteiger partial charge in [0.2, 0.25) is 0 Å². The van der Waals surface area contributed by atoms with Crippen molar-refractivity contribution in [3.05, 3.63) is 46.2 Å². The summed E-state index contributed by atoms with van der Waals surface area (Å²) in [5.41, 5.74) is 2.11. The molecule has 2 heterocycles. The molecule has 2 aromatic rings. The van der Waals surface area contributed by atoms with E-state index in [9.17, 15) is 0 Å². The number of nitrogens with zero attached hydrogens (tertiary/aromatic N) is 3. The minimum absolute atomic E-state index is 0. The van der Waals surface area contributed by atoms with Crippen molar-refractivity contribution in [1.82, 2.24) is 20.6 Å². The van der Waals surface area contributed by atoms with E-state index in [1.165, 1.54) is 5.01 Å². The fraction of sp³-hybridized carbons (Fsp3) is 0.438. The van der Waals surface area contributed by atoms with E-state index in [1.807, 2.05) is 24.4 Å². The smallest absolute Gasteiger partial charge is 0.191 e. The fourth-order valence-corrected chi connectivity index (χ4v) is 2.68. The van der Waals surface area contributed by atoms with Crippen LogP contribution in [0.3, 0.4) is 0 Å². The largest absolute Gasteiger partial charge is 0.357 e. The molecule has 23 heavy (non-hydrogen) atoms. The molecule has 0 saturated carbocycles. The summed E-state index contributed by atoms with van der Waals surface area (Å²) < 4.78 is 0. The Hall–Kier alpha value is -1.22. The molecule has 0 atom stereocenters. The van der Waals surface area contributed by atoms with Crippen LogP contribution in [0.15, 0.2) is 34.8 Å². The Morgan fingerprint density at radius 1 is 1.22 bits per heavy atom. The summed E-state index contributed by atoms with van der Waals surface area (Å²) in [4.78, 5) is 13.4. The second kappa shape index (κ2) is 11.3. The number of hydrogen-bond acceptors (Lipinski definition) is 4. The molecule has 0 aliphatic heterocycles. The van der Waals surface area contributed by atoms with Crippen molar-refractivity contribution < 1.29 is 0 Å². The number of hydrogen-bond donors (Lipinski definition) is 2. The second-order valence-electron chi connectivity index (χ2n) is 4.78. The molecule has 5 nitrogen and oxygen atoms in total. The maximum absolute atomic E-state index is 4.58. The molecule has 0 aromatic carbocycles. The highest BCUT2D eigenvalue weighted by Gasteiger charge is 2.01. The number of pyridine rings is 1. The molecule has 0 bridgehead atoms. The standard InChI is InChI=1S/C16H23N5S.HI/c1-3-15-21-14(12-22-15)11-20-16(17-4-2)19-10-8-13-7-5-6-9-18-13;/h5-7,9,12H,3-4,8,10-11H2,1-2H3,(H2,17,19,20);1H. The van der Waals surface area contributed by atoms with Crippen LogP contribution in [0.25, 0.3) is 0 Å². The number of guanidine groups is 1. The molecular formula is C16H24IN5S. The van der Waals surface area contributed by atoms with Gasteiger partial charge in [0.05, 0.1) is 17.2 Å². The quantitative estimate of drug-likeness (QED) is 0.391. The zero-order valence-corrected chi connectivity index (χ0v) is 16.7. The van der Waals surface area contributed by atoms with E-state index in [4.69, 9.17) is 0 Å². The minimum atomic E-state index is 0. The van der Waals surface area contributed by atoms with Crippen LogP contribution >= 0.6 is 35.3 Å².